The normalized spacial score (nSPS) is 10.2. The Labute approximate surface area is 100 Å². The molecule has 0 radical (unpaired) electrons. The molecular formula is C12H23BO3. The molecule has 0 unspecified atom stereocenters. The Kier molecular flexibility index (Phi) is 5.97. The van der Waals surface area contributed by atoms with Crippen LogP contribution in [0.1, 0.15) is 35.5 Å². The highest BCUT2D eigenvalue weighted by Gasteiger charge is 2.09. The van der Waals surface area contributed by atoms with Crippen molar-refractivity contribution >= 4 is 12.6 Å². The third-order valence-corrected chi connectivity index (χ3v) is 2.44. The topological polar surface area (TPSA) is 49.7 Å². The number of hydrogen-bond donors (Lipinski definition) is 2. The molecule has 1 aromatic rings. The summed E-state index contributed by atoms with van der Waals surface area (Å²) in [7, 11) is -1.40. The highest BCUT2D eigenvalue weighted by Crippen LogP contribution is 2.09. The van der Waals surface area contributed by atoms with E-state index in [9.17, 15) is 0 Å². The standard InChI is InChI=1S/C12H19BO3.2H2/c1-2-3-4-5-10-16-12-8-6-11(7-9-12)13(14)15;;/h6-9,14-15H,2-5,10H2,1H3;2*1H. The summed E-state index contributed by atoms with van der Waals surface area (Å²) < 4.78 is 5.52. The summed E-state index contributed by atoms with van der Waals surface area (Å²) in [4.78, 5) is 0. The molecule has 0 aliphatic rings. The van der Waals surface area contributed by atoms with E-state index in [4.69, 9.17) is 14.8 Å². The van der Waals surface area contributed by atoms with Crippen molar-refractivity contribution in [3.05, 3.63) is 24.3 Å². The third kappa shape index (κ3) is 4.68. The second-order valence-electron chi connectivity index (χ2n) is 3.85. The van der Waals surface area contributed by atoms with Gasteiger partial charge in [-0.2, -0.15) is 0 Å². The second kappa shape index (κ2) is 7.31. The van der Waals surface area contributed by atoms with Crippen LogP contribution in [0.2, 0.25) is 0 Å². The average molecular weight is 226 g/mol. The van der Waals surface area contributed by atoms with Crippen LogP contribution in [-0.2, 0) is 0 Å². The van der Waals surface area contributed by atoms with Crippen molar-refractivity contribution in [1.29, 1.82) is 0 Å². The van der Waals surface area contributed by atoms with Crippen LogP contribution in [0.5, 0.6) is 5.75 Å². The maximum Gasteiger partial charge on any atom is 0.488 e. The molecule has 3 nitrogen and oxygen atoms in total. The number of hydrogen-bond acceptors (Lipinski definition) is 3. The Morgan fingerprint density at radius 3 is 2.38 bits per heavy atom. The van der Waals surface area contributed by atoms with Gasteiger partial charge in [0.25, 0.3) is 0 Å². The zero-order valence-electron chi connectivity index (χ0n) is 9.72. The minimum absolute atomic E-state index is 0. The SMILES string of the molecule is CCCCCCOc1ccc(B(O)O)cc1.[HH].[HH]. The van der Waals surface area contributed by atoms with Crippen LogP contribution in [0.3, 0.4) is 0 Å². The van der Waals surface area contributed by atoms with Gasteiger partial charge in [-0.05, 0) is 24.0 Å². The molecule has 16 heavy (non-hydrogen) atoms. The second-order valence-corrected chi connectivity index (χ2v) is 3.85. The molecule has 0 heterocycles. The van der Waals surface area contributed by atoms with E-state index in [2.05, 4.69) is 6.92 Å². The summed E-state index contributed by atoms with van der Waals surface area (Å²) in [5.74, 6) is 0.779. The van der Waals surface area contributed by atoms with Gasteiger partial charge in [-0.3, -0.25) is 0 Å². The minimum Gasteiger partial charge on any atom is -0.494 e. The van der Waals surface area contributed by atoms with Crippen molar-refractivity contribution in [2.24, 2.45) is 0 Å². The van der Waals surface area contributed by atoms with Gasteiger partial charge in [0.05, 0.1) is 6.61 Å². The van der Waals surface area contributed by atoms with Gasteiger partial charge in [0, 0.05) is 2.85 Å². The molecule has 4 heteroatoms. The Morgan fingerprint density at radius 2 is 1.81 bits per heavy atom. The first kappa shape index (κ1) is 13.1. The molecule has 2 N–H and O–H groups in total. The number of benzene rings is 1. The number of rotatable bonds is 7. The third-order valence-electron chi connectivity index (χ3n) is 2.44. The van der Waals surface area contributed by atoms with Gasteiger partial charge in [-0.15, -0.1) is 0 Å². The largest absolute Gasteiger partial charge is 0.494 e. The molecule has 0 bridgehead atoms. The van der Waals surface area contributed by atoms with E-state index in [0.717, 1.165) is 18.8 Å². The molecular weight excluding hydrogens is 203 g/mol. The van der Waals surface area contributed by atoms with E-state index in [1.54, 1.807) is 24.3 Å². The van der Waals surface area contributed by atoms with Gasteiger partial charge in [0.2, 0.25) is 0 Å². The van der Waals surface area contributed by atoms with Crippen molar-refractivity contribution in [3.8, 4) is 5.75 Å². The molecule has 0 amide bonds. The Balaban J connectivity index is 0. The van der Waals surface area contributed by atoms with Crippen molar-refractivity contribution in [1.82, 2.24) is 0 Å². The predicted octanol–water partition coefficient (Wildman–Crippen LogP) is 1.82. The van der Waals surface area contributed by atoms with Gasteiger partial charge in [0.1, 0.15) is 5.75 Å². The molecule has 0 aromatic heterocycles. The van der Waals surface area contributed by atoms with E-state index in [1.807, 2.05) is 0 Å². The zero-order valence-corrected chi connectivity index (χ0v) is 9.72. The van der Waals surface area contributed by atoms with Gasteiger partial charge in [-0.1, -0.05) is 38.3 Å². The lowest BCUT2D eigenvalue weighted by Gasteiger charge is -2.06. The van der Waals surface area contributed by atoms with Crippen LogP contribution in [0.15, 0.2) is 24.3 Å². The fourth-order valence-electron chi connectivity index (χ4n) is 1.46. The smallest absolute Gasteiger partial charge is 0.488 e. The van der Waals surface area contributed by atoms with Crippen molar-refractivity contribution in [2.45, 2.75) is 32.6 Å². The van der Waals surface area contributed by atoms with Gasteiger partial charge in [-0.25, -0.2) is 0 Å². The summed E-state index contributed by atoms with van der Waals surface area (Å²) in [6.07, 6.45) is 4.74. The minimum atomic E-state index is -1.40. The van der Waals surface area contributed by atoms with Crippen LogP contribution in [-0.4, -0.2) is 23.8 Å². The van der Waals surface area contributed by atoms with Crippen LogP contribution < -0.4 is 10.2 Å². The summed E-state index contributed by atoms with van der Waals surface area (Å²) in [5, 5.41) is 17.8. The quantitative estimate of drug-likeness (QED) is 0.550. The van der Waals surface area contributed by atoms with Crippen molar-refractivity contribution in [3.63, 3.8) is 0 Å². The first-order chi connectivity index (χ1) is 7.74. The zero-order chi connectivity index (χ0) is 11.8. The first-order valence-corrected chi connectivity index (χ1v) is 5.83. The molecule has 92 valence electrons. The molecule has 0 aliphatic heterocycles. The average Bonchev–Trinajstić information content (AvgIpc) is 2.29. The first-order valence-electron chi connectivity index (χ1n) is 5.83. The monoisotopic (exact) mass is 226 g/mol. The van der Waals surface area contributed by atoms with E-state index in [1.165, 1.54) is 19.3 Å². The summed E-state index contributed by atoms with van der Waals surface area (Å²) in [5.41, 5.74) is 0.485. The summed E-state index contributed by atoms with van der Waals surface area (Å²) in [6, 6.07) is 6.83. The van der Waals surface area contributed by atoms with Crippen LogP contribution in [0.25, 0.3) is 0 Å². The molecule has 0 aliphatic carbocycles. The maximum absolute atomic E-state index is 8.90. The maximum atomic E-state index is 8.90. The van der Waals surface area contributed by atoms with Crippen LogP contribution in [0.4, 0.5) is 0 Å². The van der Waals surface area contributed by atoms with E-state index < -0.39 is 7.12 Å². The van der Waals surface area contributed by atoms with E-state index in [0.29, 0.717) is 5.46 Å². The number of ether oxygens (including phenoxy) is 1. The van der Waals surface area contributed by atoms with Crippen LogP contribution in [0, 0.1) is 0 Å². The molecule has 0 saturated heterocycles. The molecule has 0 saturated carbocycles. The Morgan fingerprint density at radius 1 is 1.12 bits per heavy atom. The molecule has 0 atom stereocenters. The molecule has 1 rings (SSSR count). The molecule has 0 fully saturated rings. The van der Waals surface area contributed by atoms with E-state index >= 15 is 0 Å². The van der Waals surface area contributed by atoms with E-state index in [-0.39, 0.29) is 2.85 Å². The molecule has 0 spiro atoms. The van der Waals surface area contributed by atoms with Crippen molar-refractivity contribution in [2.75, 3.05) is 6.61 Å². The fourth-order valence-corrected chi connectivity index (χ4v) is 1.46. The lowest BCUT2D eigenvalue weighted by Crippen LogP contribution is -2.29. The lowest BCUT2D eigenvalue weighted by molar-refractivity contribution is 0.305. The van der Waals surface area contributed by atoms with Gasteiger partial charge < -0.3 is 14.8 Å². The highest BCUT2D eigenvalue weighted by molar-refractivity contribution is 6.58. The van der Waals surface area contributed by atoms with Crippen LogP contribution >= 0.6 is 0 Å². The Bertz CT molecular complexity index is 294. The Hall–Kier alpha value is -0.995. The van der Waals surface area contributed by atoms with Gasteiger partial charge in [0.15, 0.2) is 0 Å². The van der Waals surface area contributed by atoms with Gasteiger partial charge >= 0.3 is 7.12 Å². The predicted molar refractivity (Wildman–Crippen MR) is 70.1 cm³/mol. The fraction of sp³-hybridized carbons (Fsp3) is 0.500. The lowest BCUT2D eigenvalue weighted by atomic mass is 9.80. The number of unbranched alkanes of at least 4 members (excludes halogenated alkanes) is 3. The highest BCUT2D eigenvalue weighted by atomic mass is 16.5. The summed E-state index contributed by atoms with van der Waals surface area (Å²) in [6.45, 7) is 2.90. The van der Waals surface area contributed by atoms with Crippen molar-refractivity contribution < 1.29 is 17.6 Å². The summed E-state index contributed by atoms with van der Waals surface area (Å²) >= 11 is 0. The molecule has 1 aromatic carbocycles.